The predicted molar refractivity (Wildman–Crippen MR) is 68.0 cm³/mol. The van der Waals surface area contributed by atoms with Crippen LogP contribution in [0.1, 0.15) is 12.5 Å². The lowest BCUT2D eigenvalue weighted by Gasteiger charge is -2.21. The number of hydrogen-bond donors (Lipinski definition) is 3. The highest BCUT2D eigenvalue weighted by Gasteiger charge is 2.21. The van der Waals surface area contributed by atoms with Crippen molar-refractivity contribution in [2.75, 3.05) is 12.8 Å². The van der Waals surface area contributed by atoms with Gasteiger partial charge in [-0.2, -0.15) is 0 Å². The van der Waals surface area contributed by atoms with Gasteiger partial charge in [-0.15, -0.1) is 0 Å². The van der Waals surface area contributed by atoms with Gasteiger partial charge in [0.1, 0.15) is 6.04 Å². The predicted octanol–water partition coefficient (Wildman–Crippen LogP) is 0.883. The van der Waals surface area contributed by atoms with E-state index in [0.29, 0.717) is 5.69 Å². The summed E-state index contributed by atoms with van der Waals surface area (Å²) < 4.78 is 0. The number of carbonyl (C=O) groups excluding carboxylic acids is 1. The van der Waals surface area contributed by atoms with Gasteiger partial charge < -0.3 is 16.2 Å². The summed E-state index contributed by atoms with van der Waals surface area (Å²) in [6.45, 7) is 1.81. The fraction of sp³-hybridized carbons (Fsp3) is 0.333. The van der Waals surface area contributed by atoms with Gasteiger partial charge in [0.2, 0.25) is 5.91 Å². The zero-order chi connectivity index (χ0) is 13.7. The van der Waals surface area contributed by atoms with Gasteiger partial charge in [-0.25, -0.2) is 4.79 Å². The summed E-state index contributed by atoms with van der Waals surface area (Å²) in [4.78, 5) is 23.4. The number of rotatable bonds is 4. The number of nitrogens with one attached hydrogen (secondary N) is 1. The molecule has 0 bridgehead atoms. The SMILES string of the molecule is C[C@@H](C(=O)NCc1ccccc1N)N(C)C(=O)O. The molecule has 6 heteroatoms. The molecule has 0 spiro atoms. The van der Waals surface area contributed by atoms with Crippen molar-refractivity contribution in [3.8, 4) is 0 Å². The zero-order valence-electron chi connectivity index (χ0n) is 10.4. The number of amides is 2. The normalized spacial score (nSPS) is 11.7. The number of benzene rings is 1. The van der Waals surface area contributed by atoms with Crippen LogP contribution in [0.3, 0.4) is 0 Å². The van der Waals surface area contributed by atoms with Crippen molar-refractivity contribution in [1.29, 1.82) is 0 Å². The highest BCUT2D eigenvalue weighted by Crippen LogP contribution is 2.09. The van der Waals surface area contributed by atoms with Gasteiger partial charge in [0, 0.05) is 19.3 Å². The Bertz CT molecular complexity index is 448. The highest BCUT2D eigenvalue weighted by molar-refractivity contribution is 5.84. The summed E-state index contributed by atoms with van der Waals surface area (Å²) >= 11 is 0. The summed E-state index contributed by atoms with van der Waals surface area (Å²) in [6, 6.07) is 6.44. The first kappa shape index (κ1) is 13.8. The summed E-state index contributed by atoms with van der Waals surface area (Å²) in [7, 11) is 1.35. The Morgan fingerprint density at radius 2 is 2.06 bits per heavy atom. The van der Waals surface area contributed by atoms with E-state index in [9.17, 15) is 9.59 Å². The molecule has 0 saturated carbocycles. The average molecular weight is 251 g/mol. The molecule has 0 fully saturated rings. The second kappa shape index (κ2) is 5.90. The van der Waals surface area contributed by atoms with Crippen molar-refractivity contribution in [3.63, 3.8) is 0 Å². The van der Waals surface area contributed by atoms with E-state index in [1.165, 1.54) is 14.0 Å². The van der Waals surface area contributed by atoms with Crippen LogP contribution in [0.4, 0.5) is 10.5 Å². The molecule has 1 atom stereocenters. The molecule has 1 rings (SSSR count). The first-order valence-corrected chi connectivity index (χ1v) is 5.50. The molecule has 0 aliphatic heterocycles. The van der Waals surface area contributed by atoms with Crippen LogP contribution in [0.25, 0.3) is 0 Å². The number of para-hydroxylation sites is 1. The molecule has 18 heavy (non-hydrogen) atoms. The summed E-state index contributed by atoms with van der Waals surface area (Å²) in [5.74, 6) is -0.358. The average Bonchev–Trinajstić information content (AvgIpc) is 2.35. The minimum absolute atomic E-state index is 0.281. The zero-order valence-corrected chi connectivity index (χ0v) is 10.4. The second-order valence-electron chi connectivity index (χ2n) is 3.99. The highest BCUT2D eigenvalue weighted by atomic mass is 16.4. The molecular weight excluding hydrogens is 234 g/mol. The Hall–Kier alpha value is -2.24. The van der Waals surface area contributed by atoms with Crippen LogP contribution in [-0.2, 0) is 11.3 Å². The third kappa shape index (κ3) is 3.38. The van der Waals surface area contributed by atoms with Gasteiger partial charge in [-0.1, -0.05) is 18.2 Å². The summed E-state index contributed by atoms with van der Waals surface area (Å²) in [5.41, 5.74) is 7.13. The van der Waals surface area contributed by atoms with Crippen LogP contribution in [0.5, 0.6) is 0 Å². The van der Waals surface area contributed by atoms with Gasteiger partial charge in [-0.3, -0.25) is 9.69 Å². The van der Waals surface area contributed by atoms with E-state index in [0.717, 1.165) is 10.5 Å². The molecule has 0 unspecified atom stereocenters. The van der Waals surface area contributed by atoms with Gasteiger partial charge in [0.15, 0.2) is 0 Å². The standard InChI is InChI=1S/C12H17N3O3/c1-8(15(2)12(17)18)11(16)14-7-9-5-3-4-6-10(9)13/h3-6,8H,7,13H2,1-2H3,(H,14,16)(H,17,18)/t8-/m0/s1. The fourth-order valence-electron chi connectivity index (χ4n) is 1.37. The van der Waals surface area contributed by atoms with E-state index in [2.05, 4.69) is 5.32 Å². The molecule has 0 heterocycles. The van der Waals surface area contributed by atoms with Crippen molar-refractivity contribution in [2.24, 2.45) is 0 Å². The first-order valence-electron chi connectivity index (χ1n) is 5.50. The smallest absolute Gasteiger partial charge is 0.407 e. The number of carboxylic acid groups (broad SMARTS) is 1. The number of nitrogen functional groups attached to an aromatic ring is 1. The summed E-state index contributed by atoms with van der Waals surface area (Å²) in [5, 5.41) is 11.4. The summed E-state index contributed by atoms with van der Waals surface area (Å²) in [6.07, 6.45) is -1.14. The Balaban J connectivity index is 2.56. The van der Waals surface area contributed by atoms with Crippen LogP contribution in [0.2, 0.25) is 0 Å². The number of likely N-dealkylation sites (N-methyl/N-ethyl adjacent to an activating group) is 1. The second-order valence-corrected chi connectivity index (χ2v) is 3.99. The van der Waals surface area contributed by atoms with Crippen LogP contribution in [-0.4, -0.2) is 35.1 Å². The van der Waals surface area contributed by atoms with Crippen LogP contribution in [0, 0.1) is 0 Å². The van der Waals surface area contributed by atoms with Crippen molar-refractivity contribution >= 4 is 17.7 Å². The lowest BCUT2D eigenvalue weighted by atomic mass is 10.2. The molecule has 2 amide bonds. The minimum atomic E-state index is -1.14. The monoisotopic (exact) mass is 251 g/mol. The van der Waals surface area contributed by atoms with E-state index in [-0.39, 0.29) is 12.5 Å². The molecule has 0 saturated heterocycles. The Kier molecular flexibility index (Phi) is 4.53. The number of anilines is 1. The lowest BCUT2D eigenvalue weighted by Crippen LogP contribution is -2.45. The Morgan fingerprint density at radius 1 is 1.44 bits per heavy atom. The van der Waals surface area contributed by atoms with E-state index in [1.807, 2.05) is 12.1 Å². The molecule has 0 aliphatic carbocycles. The van der Waals surface area contributed by atoms with Gasteiger partial charge in [0.05, 0.1) is 0 Å². The van der Waals surface area contributed by atoms with Crippen molar-refractivity contribution in [3.05, 3.63) is 29.8 Å². The van der Waals surface area contributed by atoms with Gasteiger partial charge in [-0.05, 0) is 18.6 Å². The van der Waals surface area contributed by atoms with Crippen molar-refractivity contribution < 1.29 is 14.7 Å². The molecule has 6 nitrogen and oxygen atoms in total. The largest absolute Gasteiger partial charge is 0.465 e. The molecule has 0 aliphatic rings. The maximum absolute atomic E-state index is 11.7. The van der Waals surface area contributed by atoms with E-state index >= 15 is 0 Å². The maximum atomic E-state index is 11.7. The fourth-order valence-corrected chi connectivity index (χ4v) is 1.37. The lowest BCUT2D eigenvalue weighted by molar-refractivity contribution is -0.125. The van der Waals surface area contributed by atoms with E-state index < -0.39 is 12.1 Å². The molecule has 4 N–H and O–H groups in total. The first-order chi connectivity index (χ1) is 8.43. The topological polar surface area (TPSA) is 95.7 Å². The number of nitrogens with two attached hydrogens (primary N) is 1. The van der Waals surface area contributed by atoms with Crippen LogP contribution >= 0.6 is 0 Å². The third-order valence-corrected chi connectivity index (χ3v) is 2.77. The number of carbonyl (C=O) groups is 2. The van der Waals surface area contributed by atoms with Crippen LogP contribution in [0.15, 0.2) is 24.3 Å². The van der Waals surface area contributed by atoms with Crippen molar-refractivity contribution in [2.45, 2.75) is 19.5 Å². The van der Waals surface area contributed by atoms with Gasteiger partial charge >= 0.3 is 6.09 Å². The molecule has 0 aromatic heterocycles. The molecule has 1 aromatic rings. The third-order valence-electron chi connectivity index (χ3n) is 2.77. The van der Waals surface area contributed by atoms with Crippen molar-refractivity contribution in [1.82, 2.24) is 10.2 Å². The quantitative estimate of drug-likeness (QED) is 0.692. The molecule has 98 valence electrons. The Labute approximate surface area is 105 Å². The minimum Gasteiger partial charge on any atom is -0.465 e. The molecule has 0 radical (unpaired) electrons. The molecular formula is C12H17N3O3. The molecule has 1 aromatic carbocycles. The van der Waals surface area contributed by atoms with E-state index in [4.69, 9.17) is 10.8 Å². The maximum Gasteiger partial charge on any atom is 0.407 e. The van der Waals surface area contributed by atoms with Gasteiger partial charge in [0.25, 0.3) is 0 Å². The number of nitrogens with zero attached hydrogens (tertiary/aromatic N) is 1. The Morgan fingerprint density at radius 3 is 2.61 bits per heavy atom. The van der Waals surface area contributed by atoms with E-state index in [1.54, 1.807) is 12.1 Å². The number of hydrogen-bond acceptors (Lipinski definition) is 3. The van der Waals surface area contributed by atoms with Crippen LogP contribution < -0.4 is 11.1 Å².